The fourth-order valence-corrected chi connectivity index (χ4v) is 1.38. The molecule has 1 atom stereocenters. The molecule has 1 unspecified atom stereocenters. The molecule has 1 aromatic rings. The largest absolute Gasteiger partial charge is 0.365 e. The van der Waals surface area contributed by atoms with E-state index in [1.807, 2.05) is 6.92 Å². The average Bonchev–Trinajstić information content (AvgIpc) is 2.20. The summed E-state index contributed by atoms with van der Waals surface area (Å²) in [4.78, 5) is 17.4. The number of halogens is 2. The number of H-pyrrole nitrogens is 1. The number of aromatic nitrogens is 2. The first kappa shape index (κ1) is 11.3. The van der Waals surface area contributed by atoms with Gasteiger partial charge < -0.3 is 10.3 Å². The predicted octanol–water partition coefficient (Wildman–Crippen LogP) is 1.85. The van der Waals surface area contributed by atoms with Gasteiger partial charge in [0.05, 0.1) is 6.33 Å². The summed E-state index contributed by atoms with van der Waals surface area (Å²) in [5.74, 6) is 0.823. The molecule has 0 aliphatic heterocycles. The second kappa shape index (κ2) is 5.22. The van der Waals surface area contributed by atoms with Crippen LogP contribution in [-0.2, 0) is 0 Å². The summed E-state index contributed by atoms with van der Waals surface area (Å²) in [6.07, 6.45) is 2.14. The molecule has 4 nitrogen and oxygen atoms in total. The third-order valence-electron chi connectivity index (χ3n) is 1.82. The highest BCUT2D eigenvalue weighted by atomic mass is 35.5. The van der Waals surface area contributed by atoms with Crippen molar-refractivity contribution < 1.29 is 0 Å². The molecule has 0 aromatic carbocycles. The molecule has 1 rings (SSSR count). The zero-order valence-corrected chi connectivity index (χ0v) is 9.19. The molecule has 0 bridgehead atoms. The highest BCUT2D eigenvalue weighted by molar-refractivity contribution is 6.32. The van der Waals surface area contributed by atoms with Gasteiger partial charge in [-0.05, 0) is 6.42 Å². The van der Waals surface area contributed by atoms with Crippen LogP contribution in [0.4, 0.5) is 5.82 Å². The number of nitrogens with zero attached hydrogens (tertiary/aromatic N) is 1. The summed E-state index contributed by atoms with van der Waals surface area (Å²) in [7, 11) is 0. The average molecular weight is 236 g/mol. The van der Waals surface area contributed by atoms with Crippen molar-refractivity contribution in [2.24, 2.45) is 0 Å². The summed E-state index contributed by atoms with van der Waals surface area (Å²) >= 11 is 11.4. The Morgan fingerprint density at radius 1 is 1.71 bits per heavy atom. The van der Waals surface area contributed by atoms with Crippen LogP contribution in [-0.4, -0.2) is 21.9 Å². The zero-order chi connectivity index (χ0) is 10.6. The van der Waals surface area contributed by atoms with Crippen LogP contribution in [0.5, 0.6) is 0 Å². The van der Waals surface area contributed by atoms with Gasteiger partial charge in [0.2, 0.25) is 0 Å². The Bertz CT molecular complexity index is 349. The van der Waals surface area contributed by atoms with Crippen LogP contribution in [0.3, 0.4) is 0 Å². The Balaban J connectivity index is 2.86. The molecule has 2 N–H and O–H groups in total. The van der Waals surface area contributed by atoms with Crippen molar-refractivity contribution in [3.8, 4) is 0 Å². The van der Waals surface area contributed by atoms with Crippen LogP contribution in [0.25, 0.3) is 0 Å². The maximum absolute atomic E-state index is 11.1. The van der Waals surface area contributed by atoms with Crippen LogP contribution >= 0.6 is 23.2 Å². The fourth-order valence-electron chi connectivity index (χ4n) is 0.927. The molecule has 0 amide bonds. The minimum atomic E-state index is -0.353. The molecule has 0 fully saturated rings. The molecule has 78 valence electrons. The van der Waals surface area contributed by atoms with Gasteiger partial charge in [0.1, 0.15) is 5.02 Å². The van der Waals surface area contributed by atoms with E-state index in [4.69, 9.17) is 23.2 Å². The van der Waals surface area contributed by atoms with Gasteiger partial charge in [-0.3, -0.25) is 4.79 Å². The lowest BCUT2D eigenvalue weighted by molar-refractivity contribution is 0.764. The molecule has 1 aromatic heterocycles. The standard InChI is InChI=1S/C8H11Cl2N3O/c1-2-5(3-9)13-7-6(10)8(14)12-4-11-7/h4-5H,2-3H2,1H3,(H2,11,12,13,14). The Morgan fingerprint density at radius 3 is 3.00 bits per heavy atom. The second-order valence-corrected chi connectivity index (χ2v) is 3.48. The van der Waals surface area contributed by atoms with Gasteiger partial charge in [0.25, 0.3) is 5.56 Å². The number of hydrogen-bond acceptors (Lipinski definition) is 3. The van der Waals surface area contributed by atoms with Crippen LogP contribution in [0, 0.1) is 0 Å². The quantitative estimate of drug-likeness (QED) is 0.784. The molecule has 0 radical (unpaired) electrons. The number of aromatic amines is 1. The van der Waals surface area contributed by atoms with Gasteiger partial charge in [-0.25, -0.2) is 4.98 Å². The first-order valence-electron chi connectivity index (χ1n) is 4.24. The van der Waals surface area contributed by atoms with Gasteiger partial charge in [0, 0.05) is 11.9 Å². The third kappa shape index (κ3) is 2.62. The first-order valence-corrected chi connectivity index (χ1v) is 5.16. The van der Waals surface area contributed by atoms with Crippen molar-refractivity contribution in [2.75, 3.05) is 11.2 Å². The number of anilines is 1. The van der Waals surface area contributed by atoms with Crippen molar-refractivity contribution in [2.45, 2.75) is 19.4 Å². The molecule has 0 aliphatic rings. The highest BCUT2D eigenvalue weighted by Crippen LogP contribution is 2.14. The molecular weight excluding hydrogens is 225 g/mol. The molecule has 0 saturated carbocycles. The maximum atomic E-state index is 11.1. The first-order chi connectivity index (χ1) is 6.69. The minimum Gasteiger partial charge on any atom is -0.365 e. The SMILES string of the molecule is CCC(CCl)Nc1nc[nH]c(=O)c1Cl. The van der Waals surface area contributed by atoms with E-state index in [1.165, 1.54) is 6.33 Å². The fraction of sp³-hybridized carbons (Fsp3) is 0.500. The molecule has 6 heteroatoms. The molecule has 0 aliphatic carbocycles. The lowest BCUT2D eigenvalue weighted by Crippen LogP contribution is -2.23. The monoisotopic (exact) mass is 235 g/mol. The lowest BCUT2D eigenvalue weighted by atomic mass is 10.2. The van der Waals surface area contributed by atoms with E-state index in [0.717, 1.165) is 6.42 Å². The minimum absolute atomic E-state index is 0.0658. The molecule has 0 saturated heterocycles. The lowest BCUT2D eigenvalue weighted by Gasteiger charge is -2.14. The Kier molecular flexibility index (Phi) is 4.22. The third-order valence-corrected chi connectivity index (χ3v) is 2.54. The second-order valence-electron chi connectivity index (χ2n) is 2.80. The van der Waals surface area contributed by atoms with Gasteiger partial charge in [-0.2, -0.15) is 0 Å². The topological polar surface area (TPSA) is 57.8 Å². The van der Waals surface area contributed by atoms with E-state index in [9.17, 15) is 4.79 Å². The van der Waals surface area contributed by atoms with Gasteiger partial charge in [0.15, 0.2) is 5.82 Å². The zero-order valence-electron chi connectivity index (χ0n) is 7.68. The summed E-state index contributed by atoms with van der Waals surface area (Å²) in [5.41, 5.74) is -0.353. The predicted molar refractivity (Wildman–Crippen MR) is 58.3 cm³/mol. The van der Waals surface area contributed by atoms with Gasteiger partial charge in [-0.1, -0.05) is 18.5 Å². The van der Waals surface area contributed by atoms with E-state index in [1.54, 1.807) is 0 Å². The van der Waals surface area contributed by atoms with Crippen molar-refractivity contribution in [3.05, 3.63) is 21.7 Å². The number of hydrogen-bond donors (Lipinski definition) is 2. The van der Waals surface area contributed by atoms with E-state index < -0.39 is 0 Å². The maximum Gasteiger partial charge on any atom is 0.271 e. The van der Waals surface area contributed by atoms with Crippen LogP contribution in [0.2, 0.25) is 5.02 Å². The van der Waals surface area contributed by atoms with E-state index >= 15 is 0 Å². The summed E-state index contributed by atoms with van der Waals surface area (Å²) in [6.45, 7) is 1.99. The van der Waals surface area contributed by atoms with Crippen LogP contribution in [0.15, 0.2) is 11.1 Å². The van der Waals surface area contributed by atoms with Crippen molar-refractivity contribution in [1.82, 2.24) is 9.97 Å². The molecule has 0 spiro atoms. The summed E-state index contributed by atoms with van der Waals surface area (Å²) < 4.78 is 0. The smallest absolute Gasteiger partial charge is 0.271 e. The van der Waals surface area contributed by atoms with Gasteiger partial charge >= 0.3 is 0 Å². The van der Waals surface area contributed by atoms with E-state index in [2.05, 4.69) is 15.3 Å². The van der Waals surface area contributed by atoms with Crippen LogP contribution < -0.4 is 10.9 Å². The molecular formula is C8H11Cl2N3O. The highest BCUT2D eigenvalue weighted by Gasteiger charge is 2.09. The molecule has 1 heterocycles. The Morgan fingerprint density at radius 2 is 2.43 bits per heavy atom. The summed E-state index contributed by atoms with van der Waals surface area (Å²) in [6, 6.07) is 0.0727. The van der Waals surface area contributed by atoms with Crippen LogP contribution in [0.1, 0.15) is 13.3 Å². The Labute approximate surface area is 91.6 Å². The normalized spacial score (nSPS) is 12.5. The van der Waals surface area contributed by atoms with E-state index in [-0.39, 0.29) is 16.6 Å². The number of nitrogens with one attached hydrogen (secondary N) is 2. The van der Waals surface area contributed by atoms with Crippen molar-refractivity contribution in [3.63, 3.8) is 0 Å². The van der Waals surface area contributed by atoms with Gasteiger partial charge in [-0.15, -0.1) is 11.6 Å². The van der Waals surface area contributed by atoms with Crippen molar-refractivity contribution in [1.29, 1.82) is 0 Å². The number of rotatable bonds is 4. The van der Waals surface area contributed by atoms with Crippen molar-refractivity contribution >= 4 is 29.0 Å². The number of alkyl halides is 1. The molecule has 14 heavy (non-hydrogen) atoms. The Hall–Kier alpha value is -0.740. The van der Waals surface area contributed by atoms with E-state index in [0.29, 0.717) is 11.7 Å². The summed E-state index contributed by atoms with van der Waals surface area (Å²) in [5, 5.41) is 3.06.